The number of aliphatic hydroxyl groups excluding tert-OH is 1. The maximum Gasteiger partial charge on any atom is 0.227 e. The van der Waals surface area contributed by atoms with E-state index in [0.717, 1.165) is 28.1 Å². The monoisotopic (exact) mass is 512 g/mol. The van der Waals surface area contributed by atoms with Crippen molar-refractivity contribution in [2.75, 3.05) is 31.6 Å². The highest BCUT2D eigenvalue weighted by Crippen LogP contribution is 2.56. The molecule has 5 aliphatic rings. The minimum absolute atomic E-state index is 0.138. The van der Waals surface area contributed by atoms with Crippen LogP contribution < -0.4 is 5.32 Å². The van der Waals surface area contributed by atoms with Crippen LogP contribution in [0.5, 0.6) is 0 Å². The molecule has 10 heteroatoms. The summed E-state index contributed by atoms with van der Waals surface area (Å²) in [6, 6.07) is 3.59. The zero-order chi connectivity index (χ0) is 24.4. The van der Waals surface area contributed by atoms with Crippen molar-refractivity contribution in [3.8, 4) is 0 Å². The molecule has 190 valence electrons. The first-order valence-electron chi connectivity index (χ1n) is 12.9. The van der Waals surface area contributed by atoms with Crippen LogP contribution in [0.4, 0.5) is 16.0 Å². The highest BCUT2D eigenvalue weighted by molar-refractivity contribution is 6.32. The van der Waals surface area contributed by atoms with Gasteiger partial charge in [0.2, 0.25) is 5.95 Å². The Hall–Kier alpha value is -2.33. The minimum atomic E-state index is -1.09. The van der Waals surface area contributed by atoms with Gasteiger partial charge in [0, 0.05) is 35.3 Å². The summed E-state index contributed by atoms with van der Waals surface area (Å²) < 4.78 is 22.9. The van der Waals surface area contributed by atoms with E-state index >= 15 is 4.39 Å². The molecule has 3 saturated carbocycles. The van der Waals surface area contributed by atoms with E-state index in [9.17, 15) is 5.11 Å². The highest BCUT2D eigenvalue weighted by Gasteiger charge is 2.52. The summed E-state index contributed by atoms with van der Waals surface area (Å²) in [7, 11) is 0. The Morgan fingerprint density at radius 3 is 2.83 bits per heavy atom. The molecule has 8 rings (SSSR count). The van der Waals surface area contributed by atoms with Gasteiger partial charge in [-0.15, -0.1) is 0 Å². The number of likely N-dealkylation sites (tertiary alicyclic amines) is 1. The van der Waals surface area contributed by atoms with Crippen molar-refractivity contribution in [1.29, 1.82) is 0 Å². The molecule has 5 fully saturated rings. The number of nitrogens with zero attached hydrogens (tertiary/aromatic N) is 5. The molecule has 8 nitrogen and oxygen atoms in total. The Balaban J connectivity index is 1.10. The third kappa shape index (κ3) is 3.79. The normalized spacial score (nSPS) is 34.2. The van der Waals surface area contributed by atoms with Crippen LogP contribution in [-0.4, -0.2) is 74.4 Å². The lowest BCUT2D eigenvalue weighted by atomic mass is 9.77. The van der Waals surface area contributed by atoms with Crippen LogP contribution in [-0.2, 0) is 10.3 Å². The van der Waals surface area contributed by atoms with Gasteiger partial charge in [0.15, 0.2) is 0 Å². The molecule has 0 amide bonds. The van der Waals surface area contributed by atoms with E-state index in [4.69, 9.17) is 21.3 Å². The third-order valence-electron chi connectivity index (χ3n) is 8.84. The number of rotatable bonds is 5. The predicted molar refractivity (Wildman–Crippen MR) is 134 cm³/mol. The van der Waals surface area contributed by atoms with E-state index in [2.05, 4.69) is 26.3 Å². The molecule has 0 spiro atoms. The first kappa shape index (κ1) is 22.8. The lowest BCUT2D eigenvalue weighted by Crippen LogP contribution is -2.50. The van der Waals surface area contributed by atoms with Crippen molar-refractivity contribution in [2.45, 2.75) is 61.9 Å². The molecule has 36 heavy (non-hydrogen) atoms. The van der Waals surface area contributed by atoms with E-state index in [-0.39, 0.29) is 24.0 Å². The minimum Gasteiger partial charge on any atom is -0.389 e. The number of alkyl halides is 1. The second-order valence-electron chi connectivity index (χ2n) is 11.0. The second-order valence-corrected chi connectivity index (χ2v) is 11.4. The Labute approximate surface area is 213 Å². The number of ether oxygens (including phenoxy) is 1. The van der Waals surface area contributed by atoms with E-state index in [1.807, 2.05) is 23.2 Å². The largest absolute Gasteiger partial charge is 0.389 e. The quantitative estimate of drug-likeness (QED) is 0.534. The summed E-state index contributed by atoms with van der Waals surface area (Å²) in [4.78, 5) is 11.2. The van der Waals surface area contributed by atoms with E-state index in [1.54, 1.807) is 6.20 Å². The van der Waals surface area contributed by atoms with Crippen LogP contribution in [0, 0.1) is 5.92 Å². The summed E-state index contributed by atoms with van der Waals surface area (Å²) in [6.07, 6.45) is 9.56. The Morgan fingerprint density at radius 1 is 1.19 bits per heavy atom. The lowest BCUT2D eigenvalue weighted by molar-refractivity contribution is 0.0353. The van der Waals surface area contributed by atoms with Gasteiger partial charge < -0.3 is 15.2 Å². The third-order valence-corrected chi connectivity index (χ3v) is 9.17. The van der Waals surface area contributed by atoms with Gasteiger partial charge in [-0.1, -0.05) is 11.6 Å². The van der Waals surface area contributed by atoms with E-state index in [0.29, 0.717) is 37.2 Å². The highest BCUT2D eigenvalue weighted by atomic mass is 35.5. The summed E-state index contributed by atoms with van der Waals surface area (Å²) in [6.45, 7) is 1.71. The topological polar surface area (TPSA) is 88.3 Å². The average molecular weight is 513 g/mol. The molecule has 4 atom stereocenters. The summed E-state index contributed by atoms with van der Waals surface area (Å²) in [5.41, 5.74) is 2.58. The Kier molecular flexibility index (Phi) is 5.47. The number of nitrogens with one attached hydrogen (secondary N) is 1. The van der Waals surface area contributed by atoms with Crippen molar-refractivity contribution in [3.05, 3.63) is 41.3 Å². The maximum absolute atomic E-state index is 15.4. The standard InChI is InChI=1S/C26H30ClFN6O2/c27-20-5-16-9-29-25(31-17-10-30-34(11-17)26-3-1-15(7-26)8-26)32-22(16)6-19(20)18-2-4-33(12-21(18)28)23-13-36-14-24(23)35/h5-6,9-11,15,18,21,23-24,35H,1-4,7-8,12-14H2,(H,29,31,32)/t15?,18-,21+,23?,24-,26?/m1/s1. The maximum atomic E-state index is 15.4. The molecule has 4 heterocycles. The number of hydrogen-bond donors (Lipinski definition) is 2. The predicted octanol–water partition coefficient (Wildman–Crippen LogP) is 4.01. The summed E-state index contributed by atoms with van der Waals surface area (Å²) >= 11 is 6.62. The molecule has 0 radical (unpaired) electrons. The van der Waals surface area contributed by atoms with Crippen LogP contribution >= 0.6 is 11.6 Å². The first-order chi connectivity index (χ1) is 17.5. The van der Waals surface area contributed by atoms with Crippen LogP contribution in [0.1, 0.15) is 43.6 Å². The van der Waals surface area contributed by atoms with Crippen molar-refractivity contribution in [1.82, 2.24) is 24.6 Å². The molecule has 2 N–H and O–H groups in total. The zero-order valence-corrected chi connectivity index (χ0v) is 20.7. The second kappa shape index (κ2) is 8.62. The summed E-state index contributed by atoms with van der Waals surface area (Å²) in [5.74, 6) is 1.03. The van der Waals surface area contributed by atoms with Gasteiger partial charge in [0.25, 0.3) is 0 Å². The van der Waals surface area contributed by atoms with Crippen molar-refractivity contribution < 1.29 is 14.2 Å². The lowest BCUT2D eigenvalue weighted by Gasteiger charge is -2.39. The van der Waals surface area contributed by atoms with Gasteiger partial charge in [0.1, 0.15) is 6.17 Å². The molecule has 3 aliphatic carbocycles. The van der Waals surface area contributed by atoms with Crippen molar-refractivity contribution in [3.63, 3.8) is 0 Å². The number of aromatic nitrogens is 4. The van der Waals surface area contributed by atoms with Gasteiger partial charge in [-0.2, -0.15) is 5.10 Å². The fourth-order valence-corrected chi connectivity index (χ4v) is 7.16. The van der Waals surface area contributed by atoms with Crippen LogP contribution in [0.3, 0.4) is 0 Å². The fourth-order valence-electron chi connectivity index (χ4n) is 6.85. The van der Waals surface area contributed by atoms with Crippen LogP contribution in [0.2, 0.25) is 5.02 Å². The molecule has 3 aromatic rings. The smallest absolute Gasteiger partial charge is 0.227 e. The number of aliphatic hydroxyl groups is 1. The number of hydrogen-bond acceptors (Lipinski definition) is 7. The number of halogens is 2. The Bertz CT molecular complexity index is 1290. The number of benzene rings is 1. The van der Waals surface area contributed by atoms with Gasteiger partial charge in [-0.25, -0.2) is 14.4 Å². The van der Waals surface area contributed by atoms with Gasteiger partial charge in [-0.3, -0.25) is 9.58 Å². The van der Waals surface area contributed by atoms with Gasteiger partial charge in [0.05, 0.1) is 48.3 Å². The van der Waals surface area contributed by atoms with Gasteiger partial charge in [-0.05, 0) is 62.3 Å². The van der Waals surface area contributed by atoms with Gasteiger partial charge >= 0.3 is 0 Å². The van der Waals surface area contributed by atoms with E-state index in [1.165, 1.54) is 25.7 Å². The average Bonchev–Trinajstić information content (AvgIpc) is 3.63. The number of piperidine rings is 1. The molecule has 2 aliphatic heterocycles. The first-order valence-corrected chi connectivity index (χ1v) is 13.3. The molecule has 1 unspecified atom stereocenters. The fraction of sp³-hybridized carbons (Fsp3) is 0.577. The number of fused-ring (bicyclic) bond motifs is 2. The summed E-state index contributed by atoms with van der Waals surface area (Å²) in [5, 5.41) is 19.4. The molecule has 2 saturated heterocycles. The van der Waals surface area contributed by atoms with E-state index < -0.39 is 12.3 Å². The van der Waals surface area contributed by atoms with Crippen molar-refractivity contribution in [2.24, 2.45) is 5.92 Å². The number of anilines is 2. The molecule has 1 aromatic carbocycles. The van der Waals surface area contributed by atoms with Crippen LogP contribution in [0.15, 0.2) is 30.7 Å². The zero-order valence-electron chi connectivity index (χ0n) is 20.0. The molecular weight excluding hydrogens is 483 g/mol. The SMILES string of the molecule is O[C@@H]1COCC1N1CC[C@H](c2cc3nc(Nc4cnn(C56CCC(C5)C6)c4)ncc3cc2Cl)[C@@H](F)C1. The molecule has 2 aromatic heterocycles. The van der Waals surface area contributed by atoms with Crippen LogP contribution in [0.25, 0.3) is 10.9 Å². The molecular formula is C26H30ClFN6O2. The Morgan fingerprint density at radius 2 is 2.08 bits per heavy atom. The molecule has 2 bridgehead atoms. The van der Waals surface area contributed by atoms with Crippen molar-refractivity contribution >= 4 is 34.1 Å².